The molecule has 2 aromatic rings. The van der Waals surface area contributed by atoms with Crippen molar-refractivity contribution in [3.63, 3.8) is 0 Å². The van der Waals surface area contributed by atoms with Crippen molar-refractivity contribution in [2.45, 2.75) is 25.4 Å². The largest absolute Gasteiger partial charge is 0.497 e. The van der Waals surface area contributed by atoms with Crippen LogP contribution in [-0.4, -0.2) is 45.4 Å². The van der Waals surface area contributed by atoms with E-state index in [9.17, 15) is 0 Å². The van der Waals surface area contributed by atoms with Gasteiger partial charge in [-0.05, 0) is 43.2 Å². The van der Waals surface area contributed by atoms with Crippen LogP contribution < -0.4 is 19.5 Å². The van der Waals surface area contributed by atoms with Gasteiger partial charge in [0, 0.05) is 41.8 Å². The van der Waals surface area contributed by atoms with Crippen molar-refractivity contribution in [3.05, 3.63) is 46.4 Å². The minimum atomic E-state index is 0.438. The van der Waals surface area contributed by atoms with Crippen molar-refractivity contribution < 1.29 is 14.2 Å². The molecule has 0 aliphatic carbocycles. The second-order valence-electron chi connectivity index (χ2n) is 6.72. The lowest BCUT2D eigenvalue weighted by atomic mass is 10.0. The van der Waals surface area contributed by atoms with E-state index in [-0.39, 0.29) is 0 Å². The van der Waals surface area contributed by atoms with Crippen LogP contribution in [0.4, 0.5) is 5.69 Å². The molecule has 27 heavy (non-hydrogen) atoms. The number of nitrogens with zero attached hydrogens (tertiary/aromatic N) is 1. The van der Waals surface area contributed by atoms with Crippen molar-refractivity contribution in [3.8, 4) is 17.2 Å². The van der Waals surface area contributed by atoms with Gasteiger partial charge in [-0.2, -0.15) is 0 Å². The number of methoxy groups -OCH3 is 3. The number of hydrogen-bond donors (Lipinski definition) is 1. The maximum absolute atomic E-state index is 5.50. The number of ether oxygens (including phenoxy) is 3. The van der Waals surface area contributed by atoms with Gasteiger partial charge < -0.3 is 19.5 Å². The van der Waals surface area contributed by atoms with Gasteiger partial charge in [-0.25, -0.2) is 0 Å². The molecule has 1 aliphatic heterocycles. The van der Waals surface area contributed by atoms with Crippen LogP contribution >= 0.6 is 15.9 Å². The van der Waals surface area contributed by atoms with Crippen LogP contribution in [0.1, 0.15) is 18.4 Å². The molecule has 0 unspecified atom stereocenters. The molecule has 0 saturated carbocycles. The summed E-state index contributed by atoms with van der Waals surface area (Å²) >= 11 is 3.56. The molecule has 0 bridgehead atoms. The van der Waals surface area contributed by atoms with Gasteiger partial charge in [-0.1, -0.05) is 15.9 Å². The van der Waals surface area contributed by atoms with E-state index in [0.717, 1.165) is 59.9 Å². The first-order valence-electron chi connectivity index (χ1n) is 9.16. The topological polar surface area (TPSA) is 43.0 Å². The predicted octanol–water partition coefficient (Wildman–Crippen LogP) is 4.55. The first-order chi connectivity index (χ1) is 13.1. The smallest absolute Gasteiger partial charge is 0.145 e. The average molecular weight is 435 g/mol. The summed E-state index contributed by atoms with van der Waals surface area (Å²) in [6, 6.07) is 12.5. The Morgan fingerprint density at radius 1 is 0.963 bits per heavy atom. The highest BCUT2D eigenvalue weighted by Crippen LogP contribution is 2.31. The number of rotatable bonds is 7. The summed E-state index contributed by atoms with van der Waals surface area (Å²) in [5.74, 6) is 2.56. The molecule has 0 radical (unpaired) electrons. The van der Waals surface area contributed by atoms with E-state index < -0.39 is 0 Å². The van der Waals surface area contributed by atoms with Crippen molar-refractivity contribution in [2.75, 3.05) is 39.7 Å². The molecule has 0 atom stereocenters. The third-order valence-electron chi connectivity index (χ3n) is 4.99. The van der Waals surface area contributed by atoms with Crippen LogP contribution in [0.3, 0.4) is 0 Å². The zero-order valence-corrected chi connectivity index (χ0v) is 17.7. The summed E-state index contributed by atoms with van der Waals surface area (Å²) in [4.78, 5) is 2.48. The van der Waals surface area contributed by atoms with Crippen molar-refractivity contribution >= 4 is 21.6 Å². The monoisotopic (exact) mass is 434 g/mol. The van der Waals surface area contributed by atoms with Crippen molar-refractivity contribution in [1.29, 1.82) is 0 Å². The third kappa shape index (κ3) is 5.08. The first kappa shape index (κ1) is 19.8. The normalized spacial score (nSPS) is 15.4. The van der Waals surface area contributed by atoms with Crippen LogP contribution in [0, 0.1) is 0 Å². The van der Waals surface area contributed by atoms with Crippen LogP contribution in [0.5, 0.6) is 17.2 Å². The number of nitrogens with one attached hydrogen (secondary N) is 1. The van der Waals surface area contributed by atoms with Gasteiger partial charge >= 0.3 is 0 Å². The van der Waals surface area contributed by atoms with E-state index >= 15 is 0 Å². The van der Waals surface area contributed by atoms with Crippen LogP contribution in [-0.2, 0) is 6.54 Å². The number of halogens is 1. The maximum atomic E-state index is 5.50. The number of likely N-dealkylation sites (tertiary alicyclic amines) is 1. The molecule has 1 heterocycles. The molecule has 2 aromatic carbocycles. The zero-order valence-electron chi connectivity index (χ0n) is 16.1. The van der Waals surface area contributed by atoms with Gasteiger partial charge in [0.25, 0.3) is 0 Å². The molecule has 0 aromatic heterocycles. The molecule has 1 saturated heterocycles. The molecule has 5 nitrogen and oxygen atoms in total. The van der Waals surface area contributed by atoms with Gasteiger partial charge in [0.1, 0.15) is 17.2 Å². The summed E-state index contributed by atoms with van der Waals surface area (Å²) in [5, 5.41) is 3.63. The van der Waals surface area contributed by atoms with E-state index in [4.69, 9.17) is 14.2 Å². The number of benzene rings is 2. The van der Waals surface area contributed by atoms with E-state index in [0.29, 0.717) is 6.04 Å². The Morgan fingerprint density at radius 3 is 2.37 bits per heavy atom. The van der Waals surface area contributed by atoms with Gasteiger partial charge in [0.15, 0.2) is 0 Å². The Balaban J connectivity index is 1.57. The Labute approximate surface area is 169 Å². The van der Waals surface area contributed by atoms with Crippen LogP contribution in [0.2, 0.25) is 0 Å². The molecule has 1 N–H and O–H groups in total. The van der Waals surface area contributed by atoms with Gasteiger partial charge in [0.2, 0.25) is 0 Å². The Bertz CT molecular complexity index is 761. The summed E-state index contributed by atoms with van der Waals surface area (Å²) in [7, 11) is 5.08. The molecular formula is C21H27BrN2O3. The quantitative estimate of drug-likeness (QED) is 0.691. The first-order valence-corrected chi connectivity index (χ1v) is 9.95. The Morgan fingerprint density at radius 2 is 1.70 bits per heavy atom. The highest BCUT2D eigenvalue weighted by atomic mass is 79.9. The highest BCUT2D eigenvalue weighted by Gasteiger charge is 2.21. The molecular weight excluding hydrogens is 408 g/mol. The fourth-order valence-electron chi connectivity index (χ4n) is 3.48. The lowest BCUT2D eigenvalue weighted by molar-refractivity contribution is 0.208. The zero-order chi connectivity index (χ0) is 19.2. The van der Waals surface area contributed by atoms with Crippen LogP contribution in [0.15, 0.2) is 40.9 Å². The standard InChI is InChI=1S/C21H27BrN2O3/c1-25-18-5-6-19(21(13-18)27-3)23-17-8-10-24(11-9-17)14-15-12-16(22)4-7-20(15)26-2/h4-7,12-13,17,23H,8-11,14H2,1-3H3. The van der Waals surface area contributed by atoms with Gasteiger partial charge in [-0.15, -0.1) is 0 Å². The summed E-state index contributed by atoms with van der Waals surface area (Å²) < 4.78 is 17.4. The van der Waals surface area contributed by atoms with E-state index in [2.05, 4.69) is 32.2 Å². The maximum Gasteiger partial charge on any atom is 0.145 e. The lowest BCUT2D eigenvalue weighted by Gasteiger charge is -2.33. The molecule has 0 amide bonds. The summed E-state index contributed by atoms with van der Waals surface area (Å²) in [6.07, 6.45) is 2.18. The molecule has 1 fully saturated rings. The lowest BCUT2D eigenvalue weighted by Crippen LogP contribution is -2.38. The van der Waals surface area contributed by atoms with Gasteiger partial charge in [0.05, 0.1) is 27.0 Å². The second-order valence-corrected chi connectivity index (χ2v) is 7.63. The number of anilines is 1. The minimum absolute atomic E-state index is 0.438. The molecule has 3 rings (SSSR count). The SMILES string of the molecule is COc1ccc(NC2CCN(Cc3cc(Br)ccc3OC)CC2)c(OC)c1. The van der Waals surface area contributed by atoms with Crippen molar-refractivity contribution in [2.24, 2.45) is 0 Å². The fraction of sp³-hybridized carbons (Fsp3) is 0.429. The molecule has 146 valence electrons. The fourth-order valence-corrected chi connectivity index (χ4v) is 3.89. The van der Waals surface area contributed by atoms with E-state index in [1.807, 2.05) is 30.3 Å². The summed E-state index contributed by atoms with van der Waals surface area (Å²) in [6.45, 7) is 3.00. The average Bonchev–Trinajstić information content (AvgIpc) is 2.70. The Hall–Kier alpha value is -1.92. The summed E-state index contributed by atoms with van der Waals surface area (Å²) in [5.41, 5.74) is 2.24. The third-order valence-corrected chi connectivity index (χ3v) is 5.49. The Kier molecular flexibility index (Phi) is 6.85. The number of piperidine rings is 1. The molecule has 0 spiro atoms. The highest BCUT2D eigenvalue weighted by molar-refractivity contribution is 9.10. The predicted molar refractivity (Wildman–Crippen MR) is 112 cm³/mol. The van der Waals surface area contributed by atoms with Crippen LogP contribution in [0.25, 0.3) is 0 Å². The molecule has 1 aliphatic rings. The second kappa shape index (κ2) is 9.33. The van der Waals surface area contributed by atoms with E-state index in [1.54, 1.807) is 21.3 Å². The number of hydrogen-bond acceptors (Lipinski definition) is 5. The minimum Gasteiger partial charge on any atom is -0.497 e. The van der Waals surface area contributed by atoms with Crippen molar-refractivity contribution in [1.82, 2.24) is 4.90 Å². The van der Waals surface area contributed by atoms with E-state index in [1.165, 1.54) is 5.56 Å². The molecule has 6 heteroatoms. The van der Waals surface area contributed by atoms with Gasteiger partial charge in [-0.3, -0.25) is 4.90 Å².